The summed E-state index contributed by atoms with van der Waals surface area (Å²) >= 11 is 5.68. The Morgan fingerprint density at radius 1 is 1.41 bits per heavy atom. The number of amides is 1. The summed E-state index contributed by atoms with van der Waals surface area (Å²) in [6.45, 7) is 6.77. The van der Waals surface area contributed by atoms with Crippen LogP contribution in [0.1, 0.15) is 27.2 Å². The Hall–Kier alpha value is -1.20. The van der Waals surface area contributed by atoms with Crippen LogP contribution in [0.2, 0.25) is 5.15 Å². The Morgan fingerprint density at radius 3 is 2.71 bits per heavy atom. The monoisotopic (exact) mass is 256 g/mol. The summed E-state index contributed by atoms with van der Waals surface area (Å²) in [5, 5.41) is 6.19. The van der Waals surface area contributed by atoms with Gasteiger partial charge < -0.3 is 10.6 Å². The van der Waals surface area contributed by atoms with Crippen molar-refractivity contribution in [3.05, 3.63) is 17.5 Å². The summed E-state index contributed by atoms with van der Waals surface area (Å²) in [7, 11) is 0. The fourth-order valence-corrected chi connectivity index (χ4v) is 1.31. The number of aromatic nitrogens is 2. The third-order valence-corrected chi connectivity index (χ3v) is 2.12. The van der Waals surface area contributed by atoms with E-state index in [1.807, 2.05) is 0 Å². The smallest absolute Gasteiger partial charge is 0.226 e. The first-order valence-electron chi connectivity index (χ1n) is 5.39. The molecular formula is C11H17ClN4O. The second kappa shape index (κ2) is 5.93. The Bertz CT molecular complexity index is 389. The molecule has 1 aromatic rings. The van der Waals surface area contributed by atoms with Crippen LogP contribution in [0.5, 0.6) is 0 Å². The fraction of sp³-hybridized carbons (Fsp3) is 0.545. The molecule has 0 fully saturated rings. The predicted molar refractivity (Wildman–Crippen MR) is 68.0 cm³/mol. The summed E-state index contributed by atoms with van der Waals surface area (Å²) in [5.41, 5.74) is 0.0124. The second-order valence-electron chi connectivity index (χ2n) is 4.70. The number of carbonyl (C=O) groups excluding carboxylic acids is 1. The highest BCUT2D eigenvalue weighted by molar-refractivity contribution is 6.29. The summed E-state index contributed by atoms with van der Waals surface area (Å²) < 4.78 is 0. The first kappa shape index (κ1) is 13.9. The van der Waals surface area contributed by atoms with Crippen molar-refractivity contribution in [3.8, 4) is 0 Å². The van der Waals surface area contributed by atoms with Crippen molar-refractivity contribution in [1.82, 2.24) is 15.3 Å². The molecule has 0 radical (unpaired) electrons. The number of nitrogens with one attached hydrogen (secondary N) is 2. The van der Waals surface area contributed by atoms with Crippen LogP contribution in [0, 0.1) is 0 Å². The minimum Gasteiger partial charge on any atom is -0.312 e. The minimum absolute atomic E-state index is 0.0124. The van der Waals surface area contributed by atoms with Crippen molar-refractivity contribution in [1.29, 1.82) is 0 Å². The molecule has 0 aliphatic carbocycles. The fourth-order valence-electron chi connectivity index (χ4n) is 1.16. The van der Waals surface area contributed by atoms with Crippen molar-refractivity contribution in [2.24, 2.45) is 0 Å². The molecule has 1 aromatic heterocycles. The number of hydrogen-bond acceptors (Lipinski definition) is 4. The lowest BCUT2D eigenvalue weighted by atomic mass is 10.1. The third kappa shape index (κ3) is 6.19. The minimum atomic E-state index is -0.100. The maximum Gasteiger partial charge on any atom is 0.226 e. The van der Waals surface area contributed by atoms with Crippen molar-refractivity contribution in [3.63, 3.8) is 0 Å². The van der Waals surface area contributed by atoms with Gasteiger partial charge in [-0.2, -0.15) is 0 Å². The number of halogens is 1. The topological polar surface area (TPSA) is 66.9 Å². The molecule has 2 N–H and O–H groups in total. The van der Waals surface area contributed by atoms with Gasteiger partial charge in [0.15, 0.2) is 0 Å². The van der Waals surface area contributed by atoms with Crippen LogP contribution in [0.25, 0.3) is 0 Å². The quantitative estimate of drug-likeness (QED) is 0.807. The van der Waals surface area contributed by atoms with Gasteiger partial charge in [0.05, 0.1) is 0 Å². The van der Waals surface area contributed by atoms with Gasteiger partial charge in [-0.1, -0.05) is 11.6 Å². The van der Waals surface area contributed by atoms with E-state index in [9.17, 15) is 4.79 Å². The predicted octanol–water partition coefficient (Wildman–Crippen LogP) is 1.85. The number of hydrogen-bond donors (Lipinski definition) is 2. The molecule has 6 heteroatoms. The van der Waals surface area contributed by atoms with Crippen molar-refractivity contribution in [2.75, 3.05) is 11.9 Å². The molecule has 0 aliphatic rings. The van der Waals surface area contributed by atoms with Gasteiger partial charge in [-0.15, -0.1) is 0 Å². The molecule has 1 heterocycles. The Balaban J connectivity index is 2.35. The molecule has 0 saturated carbocycles. The first-order chi connectivity index (χ1) is 7.87. The van der Waals surface area contributed by atoms with Crippen LogP contribution in [0.3, 0.4) is 0 Å². The van der Waals surface area contributed by atoms with Crippen LogP contribution in [0.15, 0.2) is 12.4 Å². The van der Waals surface area contributed by atoms with E-state index < -0.39 is 0 Å². The van der Waals surface area contributed by atoms with Crippen LogP contribution in [-0.2, 0) is 4.79 Å². The molecule has 94 valence electrons. The van der Waals surface area contributed by atoms with Crippen LogP contribution < -0.4 is 10.6 Å². The lowest BCUT2D eigenvalue weighted by molar-refractivity contribution is -0.116. The number of rotatable bonds is 4. The zero-order valence-corrected chi connectivity index (χ0v) is 11.0. The van der Waals surface area contributed by atoms with E-state index in [2.05, 4.69) is 41.4 Å². The van der Waals surface area contributed by atoms with E-state index >= 15 is 0 Å². The van der Waals surface area contributed by atoms with E-state index in [1.54, 1.807) is 0 Å². The molecule has 1 rings (SSSR count). The van der Waals surface area contributed by atoms with Crippen LogP contribution in [0.4, 0.5) is 5.82 Å². The highest BCUT2D eigenvalue weighted by Gasteiger charge is 2.10. The highest BCUT2D eigenvalue weighted by atomic mass is 35.5. The van der Waals surface area contributed by atoms with Crippen LogP contribution >= 0.6 is 11.6 Å². The zero-order chi connectivity index (χ0) is 12.9. The van der Waals surface area contributed by atoms with Gasteiger partial charge in [0.2, 0.25) is 5.91 Å². The normalized spacial score (nSPS) is 11.3. The Labute approximate surface area is 106 Å². The molecule has 0 spiro atoms. The summed E-state index contributed by atoms with van der Waals surface area (Å²) in [6.07, 6.45) is 1.70. The van der Waals surface area contributed by atoms with E-state index in [0.29, 0.717) is 23.9 Å². The van der Waals surface area contributed by atoms with Gasteiger partial charge in [-0.3, -0.25) is 4.79 Å². The molecule has 0 unspecified atom stereocenters. The Kier molecular flexibility index (Phi) is 4.84. The molecular weight excluding hydrogens is 240 g/mol. The lowest BCUT2D eigenvalue weighted by Crippen LogP contribution is -2.37. The Morgan fingerprint density at radius 2 is 2.12 bits per heavy atom. The number of nitrogens with zero attached hydrogens (tertiary/aromatic N) is 2. The SMILES string of the molecule is CC(C)(C)NCCC(=O)Nc1cc(Cl)ncn1. The molecule has 0 atom stereocenters. The maximum atomic E-state index is 11.6. The number of carbonyl (C=O) groups is 1. The van der Waals surface area contributed by atoms with E-state index in [0.717, 1.165) is 0 Å². The van der Waals surface area contributed by atoms with Gasteiger partial charge in [-0.05, 0) is 20.8 Å². The van der Waals surface area contributed by atoms with E-state index in [4.69, 9.17) is 11.6 Å². The average molecular weight is 257 g/mol. The summed E-state index contributed by atoms with van der Waals surface area (Å²) in [4.78, 5) is 19.2. The summed E-state index contributed by atoms with van der Waals surface area (Å²) in [6, 6.07) is 1.51. The van der Waals surface area contributed by atoms with Gasteiger partial charge in [-0.25, -0.2) is 9.97 Å². The van der Waals surface area contributed by atoms with E-state index in [-0.39, 0.29) is 11.4 Å². The van der Waals surface area contributed by atoms with Crippen molar-refractivity contribution in [2.45, 2.75) is 32.7 Å². The first-order valence-corrected chi connectivity index (χ1v) is 5.77. The van der Waals surface area contributed by atoms with E-state index in [1.165, 1.54) is 12.4 Å². The molecule has 0 aliphatic heterocycles. The van der Waals surface area contributed by atoms with Gasteiger partial charge >= 0.3 is 0 Å². The molecule has 0 saturated heterocycles. The van der Waals surface area contributed by atoms with Gasteiger partial charge in [0.1, 0.15) is 17.3 Å². The van der Waals surface area contributed by atoms with Crippen LogP contribution in [-0.4, -0.2) is 28.0 Å². The van der Waals surface area contributed by atoms with Crippen molar-refractivity contribution < 1.29 is 4.79 Å². The average Bonchev–Trinajstić information content (AvgIpc) is 2.15. The number of anilines is 1. The molecule has 0 bridgehead atoms. The maximum absolute atomic E-state index is 11.6. The second-order valence-corrected chi connectivity index (χ2v) is 5.09. The summed E-state index contributed by atoms with van der Waals surface area (Å²) in [5.74, 6) is 0.322. The molecule has 1 amide bonds. The van der Waals surface area contributed by atoms with Gasteiger partial charge in [0, 0.05) is 24.6 Å². The largest absolute Gasteiger partial charge is 0.312 e. The molecule has 17 heavy (non-hydrogen) atoms. The standard InChI is InChI=1S/C11H17ClN4O/c1-11(2,3)15-5-4-10(17)16-9-6-8(12)13-7-14-9/h6-7,15H,4-5H2,1-3H3,(H,13,14,16,17). The molecule has 0 aromatic carbocycles. The lowest BCUT2D eigenvalue weighted by Gasteiger charge is -2.20. The zero-order valence-electron chi connectivity index (χ0n) is 10.2. The highest BCUT2D eigenvalue weighted by Crippen LogP contribution is 2.08. The third-order valence-electron chi connectivity index (χ3n) is 1.91. The van der Waals surface area contributed by atoms with Gasteiger partial charge in [0.25, 0.3) is 0 Å². The van der Waals surface area contributed by atoms with Crippen molar-refractivity contribution >= 4 is 23.3 Å². The molecule has 5 nitrogen and oxygen atoms in total.